The second-order valence-electron chi connectivity index (χ2n) is 7.46. The minimum atomic E-state index is -0.302. The van der Waals surface area contributed by atoms with Crippen LogP contribution >= 0.6 is 0 Å². The zero-order valence-corrected chi connectivity index (χ0v) is 19.7. The van der Waals surface area contributed by atoms with Gasteiger partial charge in [0.25, 0.3) is 0 Å². The summed E-state index contributed by atoms with van der Waals surface area (Å²) in [5.41, 5.74) is 2.51. The zero-order valence-electron chi connectivity index (χ0n) is 19.7. The molecule has 0 aliphatic rings. The molecule has 0 amide bonds. The maximum Gasteiger partial charge on any atom is 0.307 e. The summed E-state index contributed by atoms with van der Waals surface area (Å²) in [5, 5.41) is 0. The van der Waals surface area contributed by atoms with Gasteiger partial charge < -0.3 is 9.47 Å². The average Bonchev–Trinajstić information content (AvgIpc) is 2.85. The molecule has 3 aromatic rings. The van der Waals surface area contributed by atoms with E-state index in [4.69, 9.17) is 9.47 Å². The van der Waals surface area contributed by atoms with Gasteiger partial charge in [-0.05, 0) is 44.0 Å². The highest BCUT2D eigenvalue weighted by molar-refractivity contribution is 5.69. The lowest BCUT2D eigenvalue weighted by Crippen LogP contribution is -2.29. The van der Waals surface area contributed by atoms with Gasteiger partial charge in [0.15, 0.2) is 11.6 Å². The third-order valence-electron chi connectivity index (χ3n) is 5.10. The first-order valence-electron chi connectivity index (χ1n) is 11.4. The SMILES string of the molecule is CCOC(=O)CCN(Cc1ccccc1)[C@H](C)c1ccccc1.CCOc1ccccc1F. The van der Waals surface area contributed by atoms with Crippen molar-refractivity contribution in [3.63, 3.8) is 0 Å². The number of para-hydroxylation sites is 1. The molecule has 3 rings (SSSR count). The van der Waals surface area contributed by atoms with Gasteiger partial charge in [-0.2, -0.15) is 0 Å². The second-order valence-corrected chi connectivity index (χ2v) is 7.46. The smallest absolute Gasteiger partial charge is 0.307 e. The van der Waals surface area contributed by atoms with E-state index in [9.17, 15) is 9.18 Å². The fourth-order valence-electron chi connectivity index (χ4n) is 3.36. The summed E-state index contributed by atoms with van der Waals surface area (Å²) in [5.74, 6) is -0.111. The lowest BCUT2D eigenvalue weighted by atomic mass is 10.1. The summed E-state index contributed by atoms with van der Waals surface area (Å²) in [6, 6.07) is 27.4. The van der Waals surface area contributed by atoms with Gasteiger partial charge >= 0.3 is 5.97 Å². The molecule has 0 saturated carbocycles. The summed E-state index contributed by atoms with van der Waals surface area (Å²) in [6.07, 6.45) is 0.415. The van der Waals surface area contributed by atoms with Crippen molar-refractivity contribution < 1.29 is 18.7 Å². The second kappa shape index (κ2) is 14.8. The fraction of sp³-hybridized carbons (Fsp3) is 0.321. The molecule has 0 heterocycles. The van der Waals surface area contributed by atoms with Crippen LogP contribution in [0.2, 0.25) is 0 Å². The highest BCUT2D eigenvalue weighted by Gasteiger charge is 2.17. The van der Waals surface area contributed by atoms with Crippen LogP contribution in [0.3, 0.4) is 0 Å². The Balaban J connectivity index is 0.000000321. The van der Waals surface area contributed by atoms with Crippen LogP contribution in [0.1, 0.15) is 44.4 Å². The molecule has 0 N–H and O–H groups in total. The van der Waals surface area contributed by atoms with Crippen molar-refractivity contribution >= 4 is 5.97 Å². The standard InChI is InChI=1S/C20H25NO2.C8H9FO/c1-3-23-20(22)14-15-21(16-18-10-6-4-7-11-18)17(2)19-12-8-5-9-13-19;1-2-10-8-6-4-3-5-7(8)9/h4-13,17H,3,14-16H2,1-2H3;3-6H,2H2,1H3/t17-;/m1./s1. The molecule has 33 heavy (non-hydrogen) atoms. The number of esters is 1. The largest absolute Gasteiger partial charge is 0.491 e. The quantitative estimate of drug-likeness (QED) is 0.333. The monoisotopic (exact) mass is 451 g/mol. The summed E-state index contributed by atoms with van der Waals surface area (Å²) >= 11 is 0. The number of benzene rings is 3. The molecule has 176 valence electrons. The molecule has 0 aromatic heterocycles. The first kappa shape index (κ1) is 26.1. The number of hydrogen-bond donors (Lipinski definition) is 0. The topological polar surface area (TPSA) is 38.8 Å². The zero-order chi connectivity index (χ0) is 23.9. The average molecular weight is 452 g/mol. The van der Waals surface area contributed by atoms with E-state index in [1.165, 1.54) is 17.2 Å². The van der Waals surface area contributed by atoms with Gasteiger partial charge in [0.2, 0.25) is 0 Å². The Labute approximate surface area is 197 Å². The number of halogens is 1. The summed E-state index contributed by atoms with van der Waals surface area (Å²) in [7, 11) is 0. The van der Waals surface area contributed by atoms with Crippen LogP contribution in [0.4, 0.5) is 4.39 Å². The Hall–Kier alpha value is -3.18. The summed E-state index contributed by atoms with van der Waals surface area (Å²) < 4.78 is 22.7. The maximum atomic E-state index is 12.7. The lowest BCUT2D eigenvalue weighted by Gasteiger charge is -2.29. The Morgan fingerprint density at radius 1 is 0.879 bits per heavy atom. The highest BCUT2D eigenvalue weighted by Crippen LogP contribution is 2.22. The Morgan fingerprint density at radius 2 is 1.48 bits per heavy atom. The maximum absolute atomic E-state index is 12.7. The Morgan fingerprint density at radius 3 is 2.09 bits per heavy atom. The third-order valence-corrected chi connectivity index (χ3v) is 5.10. The number of ether oxygens (including phenoxy) is 2. The molecule has 5 heteroatoms. The summed E-state index contributed by atoms with van der Waals surface area (Å²) in [4.78, 5) is 14.0. The van der Waals surface area contributed by atoms with Crippen LogP contribution in [0.25, 0.3) is 0 Å². The molecular weight excluding hydrogens is 417 g/mol. The molecule has 0 bridgehead atoms. The number of hydrogen-bond acceptors (Lipinski definition) is 4. The molecule has 0 fully saturated rings. The molecule has 1 atom stereocenters. The van der Waals surface area contributed by atoms with Gasteiger partial charge in [-0.25, -0.2) is 4.39 Å². The van der Waals surface area contributed by atoms with Crippen molar-refractivity contribution in [2.75, 3.05) is 19.8 Å². The van der Waals surface area contributed by atoms with E-state index in [1.807, 2.05) is 38.1 Å². The van der Waals surface area contributed by atoms with Crippen LogP contribution in [0, 0.1) is 5.82 Å². The van der Waals surface area contributed by atoms with Crippen LogP contribution in [0.15, 0.2) is 84.9 Å². The van der Waals surface area contributed by atoms with Crippen molar-refractivity contribution in [1.29, 1.82) is 0 Å². The molecule has 0 spiro atoms. The minimum absolute atomic E-state index is 0.133. The first-order valence-corrected chi connectivity index (χ1v) is 11.4. The Kier molecular flexibility index (Phi) is 11.7. The van der Waals surface area contributed by atoms with E-state index in [0.717, 1.165) is 6.54 Å². The highest BCUT2D eigenvalue weighted by atomic mass is 19.1. The number of carbonyl (C=O) groups is 1. The van der Waals surface area contributed by atoms with E-state index in [1.54, 1.807) is 18.2 Å². The molecular formula is C28H34FNO3. The van der Waals surface area contributed by atoms with Crippen LogP contribution < -0.4 is 4.74 Å². The predicted octanol–water partition coefficient (Wildman–Crippen LogP) is 6.43. The van der Waals surface area contributed by atoms with Crippen LogP contribution in [-0.2, 0) is 16.1 Å². The molecule has 4 nitrogen and oxygen atoms in total. The molecule has 0 aliphatic carbocycles. The number of carbonyl (C=O) groups excluding carboxylic acids is 1. The van der Waals surface area contributed by atoms with E-state index < -0.39 is 0 Å². The van der Waals surface area contributed by atoms with Gasteiger partial charge in [0.05, 0.1) is 19.6 Å². The van der Waals surface area contributed by atoms with E-state index >= 15 is 0 Å². The summed E-state index contributed by atoms with van der Waals surface area (Å²) in [6.45, 7) is 8.29. The van der Waals surface area contributed by atoms with Gasteiger partial charge in [-0.1, -0.05) is 72.8 Å². The van der Waals surface area contributed by atoms with Crippen molar-refractivity contribution in [2.24, 2.45) is 0 Å². The lowest BCUT2D eigenvalue weighted by molar-refractivity contribution is -0.143. The van der Waals surface area contributed by atoms with Crippen molar-refractivity contribution in [3.8, 4) is 5.75 Å². The van der Waals surface area contributed by atoms with Gasteiger partial charge in [0.1, 0.15) is 0 Å². The van der Waals surface area contributed by atoms with Crippen molar-refractivity contribution in [2.45, 2.75) is 39.8 Å². The predicted molar refractivity (Wildman–Crippen MR) is 131 cm³/mol. The van der Waals surface area contributed by atoms with E-state index in [0.29, 0.717) is 31.9 Å². The number of nitrogens with zero attached hydrogens (tertiary/aromatic N) is 1. The molecule has 0 radical (unpaired) electrons. The van der Waals surface area contributed by atoms with Gasteiger partial charge in [-0.3, -0.25) is 9.69 Å². The van der Waals surface area contributed by atoms with Crippen molar-refractivity contribution in [1.82, 2.24) is 4.90 Å². The van der Waals surface area contributed by atoms with E-state index in [2.05, 4.69) is 48.2 Å². The molecule has 0 unspecified atom stereocenters. The molecule has 3 aromatic carbocycles. The molecule has 0 saturated heterocycles. The van der Waals surface area contributed by atoms with Crippen LogP contribution in [-0.4, -0.2) is 30.6 Å². The van der Waals surface area contributed by atoms with Gasteiger partial charge in [-0.15, -0.1) is 0 Å². The molecule has 0 aliphatic heterocycles. The minimum Gasteiger partial charge on any atom is -0.491 e. The number of rotatable bonds is 10. The first-order chi connectivity index (χ1) is 16.0. The normalized spacial score (nSPS) is 11.3. The third kappa shape index (κ3) is 9.46. The fourth-order valence-corrected chi connectivity index (χ4v) is 3.36. The van der Waals surface area contributed by atoms with Crippen LogP contribution in [0.5, 0.6) is 5.75 Å². The Bertz CT molecular complexity index is 934. The van der Waals surface area contributed by atoms with Crippen molar-refractivity contribution in [3.05, 3.63) is 102 Å². The van der Waals surface area contributed by atoms with E-state index in [-0.39, 0.29) is 17.8 Å². The van der Waals surface area contributed by atoms with Gasteiger partial charge in [0, 0.05) is 19.1 Å².